The number of carbonyl (C=O) groups excluding carboxylic acids is 1. The Morgan fingerprint density at radius 2 is 1.71 bits per heavy atom. The molecule has 2 aromatic carbocycles. The number of rotatable bonds is 5. The molecule has 4 nitrogen and oxygen atoms in total. The lowest BCUT2D eigenvalue weighted by Crippen LogP contribution is -2.13. The Kier molecular flexibility index (Phi) is 3.77. The van der Waals surface area contributed by atoms with Gasteiger partial charge in [-0.3, -0.25) is 4.79 Å². The molecular weight excluding hydrogens is 264 g/mol. The van der Waals surface area contributed by atoms with Crippen LogP contribution in [-0.2, 0) is 0 Å². The van der Waals surface area contributed by atoms with E-state index in [1.54, 1.807) is 19.2 Å². The fourth-order valence-electron chi connectivity index (χ4n) is 2.14. The maximum atomic E-state index is 12.3. The topological polar surface area (TPSA) is 50.4 Å². The summed E-state index contributed by atoms with van der Waals surface area (Å²) in [6, 6.07) is 15.6. The second-order valence-corrected chi connectivity index (χ2v) is 5.15. The zero-order valence-electron chi connectivity index (χ0n) is 11.9. The molecule has 21 heavy (non-hydrogen) atoms. The first kappa shape index (κ1) is 13.5. The third-order valence-corrected chi connectivity index (χ3v) is 3.44. The van der Waals surface area contributed by atoms with Crippen LogP contribution >= 0.6 is 0 Å². The Balaban J connectivity index is 1.68. The van der Waals surface area contributed by atoms with Crippen LogP contribution < -0.4 is 15.4 Å². The van der Waals surface area contributed by atoms with Gasteiger partial charge in [0.05, 0.1) is 12.7 Å². The molecule has 1 amide bonds. The molecule has 0 radical (unpaired) electrons. The Morgan fingerprint density at radius 3 is 2.38 bits per heavy atom. The van der Waals surface area contributed by atoms with Crippen molar-refractivity contribution in [2.45, 2.75) is 18.9 Å². The minimum Gasteiger partial charge on any atom is -0.496 e. The molecule has 0 aromatic heterocycles. The zero-order chi connectivity index (χ0) is 14.7. The lowest BCUT2D eigenvalue weighted by molar-refractivity contribution is 0.102. The van der Waals surface area contributed by atoms with Gasteiger partial charge in [0.25, 0.3) is 5.91 Å². The molecule has 1 aliphatic rings. The minimum absolute atomic E-state index is 0.171. The van der Waals surface area contributed by atoms with Gasteiger partial charge in [0.15, 0.2) is 0 Å². The first-order chi connectivity index (χ1) is 10.3. The number of ether oxygens (including phenoxy) is 1. The maximum absolute atomic E-state index is 12.3. The van der Waals surface area contributed by atoms with Crippen LogP contribution in [0.4, 0.5) is 11.4 Å². The van der Waals surface area contributed by atoms with Crippen molar-refractivity contribution in [3.05, 3.63) is 54.1 Å². The summed E-state index contributed by atoms with van der Waals surface area (Å²) in [5.41, 5.74) is 2.39. The van der Waals surface area contributed by atoms with Gasteiger partial charge in [-0.25, -0.2) is 0 Å². The molecule has 2 N–H and O–H groups in total. The van der Waals surface area contributed by atoms with Gasteiger partial charge in [-0.1, -0.05) is 12.1 Å². The molecule has 0 unspecified atom stereocenters. The lowest BCUT2D eigenvalue weighted by Gasteiger charge is -2.10. The summed E-state index contributed by atoms with van der Waals surface area (Å²) in [4.78, 5) is 12.3. The first-order valence-electron chi connectivity index (χ1n) is 7.07. The van der Waals surface area contributed by atoms with Gasteiger partial charge in [0.1, 0.15) is 5.75 Å². The van der Waals surface area contributed by atoms with Crippen molar-refractivity contribution in [3.63, 3.8) is 0 Å². The molecule has 0 bridgehead atoms. The van der Waals surface area contributed by atoms with Crippen molar-refractivity contribution in [2.24, 2.45) is 0 Å². The van der Waals surface area contributed by atoms with Crippen LogP contribution in [0.1, 0.15) is 23.2 Å². The van der Waals surface area contributed by atoms with Crippen LogP contribution in [0.15, 0.2) is 48.5 Å². The van der Waals surface area contributed by atoms with E-state index in [9.17, 15) is 4.79 Å². The zero-order valence-corrected chi connectivity index (χ0v) is 11.9. The van der Waals surface area contributed by atoms with E-state index in [1.165, 1.54) is 12.8 Å². The third-order valence-electron chi connectivity index (χ3n) is 3.44. The van der Waals surface area contributed by atoms with Crippen molar-refractivity contribution in [1.82, 2.24) is 0 Å². The second kappa shape index (κ2) is 5.87. The monoisotopic (exact) mass is 282 g/mol. The van der Waals surface area contributed by atoms with E-state index in [1.807, 2.05) is 36.4 Å². The molecule has 0 aliphatic heterocycles. The predicted molar refractivity (Wildman–Crippen MR) is 84.0 cm³/mol. The Bertz CT molecular complexity index is 633. The predicted octanol–water partition coefficient (Wildman–Crippen LogP) is 3.52. The van der Waals surface area contributed by atoms with Gasteiger partial charge < -0.3 is 15.4 Å². The number of anilines is 2. The molecule has 3 rings (SSSR count). The molecule has 4 heteroatoms. The number of hydrogen-bond acceptors (Lipinski definition) is 3. The van der Waals surface area contributed by atoms with Crippen molar-refractivity contribution >= 4 is 17.3 Å². The summed E-state index contributed by atoms with van der Waals surface area (Å²) in [5, 5.41) is 6.30. The second-order valence-electron chi connectivity index (χ2n) is 5.15. The average molecular weight is 282 g/mol. The van der Waals surface area contributed by atoms with Crippen molar-refractivity contribution in [3.8, 4) is 5.75 Å². The number of methoxy groups -OCH3 is 1. The number of benzene rings is 2. The van der Waals surface area contributed by atoms with Gasteiger partial charge in [-0.15, -0.1) is 0 Å². The van der Waals surface area contributed by atoms with Crippen molar-refractivity contribution < 1.29 is 9.53 Å². The number of carbonyl (C=O) groups is 1. The Hall–Kier alpha value is -2.49. The minimum atomic E-state index is -0.171. The van der Waals surface area contributed by atoms with Crippen LogP contribution in [0.3, 0.4) is 0 Å². The molecule has 0 atom stereocenters. The highest BCUT2D eigenvalue weighted by atomic mass is 16.5. The molecular formula is C17H18N2O2. The van der Waals surface area contributed by atoms with Crippen LogP contribution in [0, 0.1) is 0 Å². The van der Waals surface area contributed by atoms with E-state index >= 15 is 0 Å². The largest absolute Gasteiger partial charge is 0.496 e. The van der Waals surface area contributed by atoms with E-state index in [4.69, 9.17) is 4.74 Å². The smallest absolute Gasteiger partial charge is 0.259 e. The van der Waals surface area contributed by atoms with Gasteiger partial charge in [0.2, 0.25) is 0 Å². The third kappa shape index (κ3) is 3.34. The van der Waals surface area contributed by atoms with Gasteiger partial charge in [0, 0.05) is 17.4 Å². The van der Waals surface area contributed by atoms with Gasteiger partial charge in [-0.2, -0.15) is 0 Å². The lowest BCUT2D eigenvalue weighted by atomic mass is 10.2. The average Bonchev–Trinajstić information content (AvgIpc) is 3.33. The molecule has 108 valence electrons. The Morgan fingerprint density at radius 1 is 1.05 bits per heavy atom. The van der Waals surface area contributed by atoms with Crippen molar-refractivity contribution in [1.29, 1.82) is 0 Å². The number of amides is 1. The summed E-state index contributed by atoms with van der Waals surface area (Å²) in [5.74, 6) is 0.400. The van der Waals surface area contributed by atoms with Gasteiger partial charge in [-0.05, 0) is 49.2 Å². The Labute approximate surface area is 124 Å². The summed E-state index contributed by atoms with van der Waals surface area (Å²) in [7, 11) is 1.56. The quantitative estimate of drug-likeness (QED) is 0.882. The van der Waals surface area contributed by atoms with Crippen LogP contribution in [0.25, 0.3) is 0 Å². The molecule has 1 aliphatic carbocycles. The number of para-hydroxylation sites is 1. The van der Waals surface area contributed by atoms with E-state index in [2.05, 4.69) is 10.6 Å². The number of nitrogens with one attached hydrogen (secondary N) is 2. The first-order valence-corrected chi connectivity index (χ1v) is 7.07. The summed E-state index contributed by atoms with van der Waals surface area (Å²) in [6.07, 6.45) is 2.48. The highest BCUT2D eigenvalue weighted by molar-refractivity contribution is 6.06. The normalized spacial score (nSPS) is 13.6. The molecule has 0 heterocycles. The summed E-state index contributed by atoms with van der Waals surface area (Å²) < 4.78 is 5.20. The number of hydrogen-bond donors (Lipinski definition) is 2. The van der Waals surface area contributed by atoms with Crippen LogP contribution in [-0.4, -0.2) is 19.1 Å². The van der Waals surface area contributed by atoms with Crippen LogP contribution in [0.5, 0.6) is 5.75 Å². The highest BCUT2D eigenvalue weighted by Gasteiger charge is 2.20. The molecule has 2 aromatic rings. The molecule has 1 fully saturated rings. The van der Waals surface area contributed by atoms with Gasteiger partial charge >= 0.3 is 0 Å². The molecule has 1 saturated carbocycles. The van der Waals surface area contributed by atoms with E-state index in [0.29, 0.717) is 17.4 Å². The van der Waals surface area contributed by atoms with E-state index in [-0.39, 0.29) is 5.91 Å². The molecule has 0 spiro atoms. The van der Waals surface area contributed by atoms with E-state index in [0.717, 1.165) is 11.4 Å². The fraction of sp³-hybridized carbons (Fsp3) is 0.235. The van der Waals surface area contributed by atoms with Crippen LogP contribution in [0.2, 0.25) is 0 Å². The fourth-order valence-corrected chi connectivity index (χ4v) is 2.14. The highest BCUT2D eigenvalue weighted by Crippen LogP contribution is 2.25. The summed E-state index contributed by atoms with van der Waals surface area (Å²) in [6.45, 7) is 0. The maximum Gasteiger partial charge on any atom is 0.259 e. The molecule has 0 saturated heterocycles. The van der Waals surface area contributed by atoms with Crippen molar-refractivity contribution in [2.75, 3.05) is 17.7 Å². The SMILES string of the molecule is COc1ccccc1C(=O)Nc1ccc(NC2CC2)cc1. The standard InChI is InChI=1S/C17H18N2O2/c1-21-16-5-3-2-4-15(16)17(20)19-14-10-8-13(9-11-14)18-12-6-7-12/h2-5,8-12,18H,6-7H2,1H3,(H,19,20). The summed E-state index contributed by atoms with van der Waals surface area (Å²) >= 11 is 0. The van der Waals surface area contributed by atoms with E-state index < -0.39 is 0 Å².